The van der Waals surface area contributed by atoms with Crippen LogP contribution in [0.3, 0.4) is 0 Å². The fraction of sp³-hybridized carbons (Fsp3) is 0.500. The lowest BCUT2D eigenvalue weighted by Gasteiger charge is -2.32. The first-order valence-corrected chi connectivity index (χ1v) is 7.23. The summed E-state index contributed by atoms with van der Waals surface area (Å²) in [6, 6.07) is 3.33. The van der Waals surface area contributed by atoms with Crippen molar-refractivity contribution in [1.29, 1.82) is 0 Å². The highest BCUT2D eigenvalue weighted by Crippen LogP contribution is 2.31. The summed E-state index contributed by atoms with van der Waals surface area (Å²) in [4.78, 5) is 23.5. The molecule has 1 aromatic rings. The van der Waals surface area contributed by atoms with E-state index in [0.29, 0.717) is 0 Å². The molecule has 0 aliphatic carbocycles. The van der Waals surface area contributed by atoms with E-state index in [1.54, 1.807) is 13.0 Å². The Morgan fingerprint density at radius 2 is 2.05 bits per heavy atom. The number of nitro benzene ring substituents is 1. The smallest absolute Gasteiger partial charge is 0.288 e. The SMILES string of the molecule is CC(=O)N1CCC(Nc2cc(Cl)c([N+](=O)[O-])cc2C)CC1. The molecule has 7 heteroatoms. The molecule has 0 aromatic heterocycles. The number of nitro groups is 1. The van der Waals surface area contributed by atoms with Crippen molar-refractivity contribution in [1.82, 2.24) is 4.90 Å². The minimum Gasteiger partial charge on any atom is -0.382 e. The lowest BCUT2D eigenvalue weighted by molar-refractivity contribution is -0.384. The largest absolute Gasteiger partial charge is 0.382 e. The van der Waals surface area contributed by atoms with Gasteiger partial charge in [-0.25, -0.2) is 0 Å². The Hall–Kier alpha value is -1.82. The molecular weight excluding hydrogens is 294 g/mol. The average Bonchev–Trinajstić information content (AvgIpc) is 2.42. The van der Waals surface area contributed by atoms with E-state index in [0.717, 1.165) is 37.2 Å². The van der Waals surface area contributed by atoms with Crippen molar-refractivity contribution in [2.45, 2.75) is 32.7 Å². The average molecular weight is 312 g/mol. The second kappa shape index (κ2) is 6.30. The summed E-state index contributed by atoms with van der Waals surface area (Å²) in [5.41, 5.74) is 1.53. The van der Waals surface area contributed by atoms with Crippen LogP contribution in [-0.4, -0.2) is 34.9 Å². The zero-order valence-corrected chi connectivity index (χ0v) is 12.8. The molecule has 1 aliphatic heterocycles. The van der Waals surface area contributed by atoms with Crippen molar-refractivity contribution in [3.63, 3.8) is 0 Å². The van der Waals surface area contributed by atoms with Crippen LogP contribution in [0.1, 0.15) is 25.3 Å². The number of halogens is 1. The maximum atomic E-state index is 11.3. The Morgan fingerprint density at radius 3 is 2.57 bits per heavy atom. The summed E-state index contributed by atoms with van der Waals surface area (Å²) >= 11 is 5.94. The van der Waals surface area contributed by atoms with Crippen LogP contribution in [0.25, 0.3) is 0 Å². The Kier molecular flexibility index (Phi) is 4.67. The number of hydrogen-bond donors (Lipinski definition) is 1. The molecule has 1 aliphatic rings. The van der Waals surface area contributed by atoms with Crippen LogP contribution >= 0.6 is 11.6 Å². The van der Waals surface area contributed by atoms with E-state index in [1.807, 2.05) is 11.8 Å². The van der Waals surface area contributed by atoms with Crippen LogP contribution in [-0.2, 0) is 4.79 Å². The number of rotatable bonds is 3. The van der Waals surface area contributed by atoms with Gasteiger partial charge in [-0.05, 0) is 31.4 Å². The number of amides is 1. The van der Waals surface area contributed by atoms with Gasteiger partial charge in [-0.1, -0.05) is 11.6 Å². The molecule has 114 valence electrons. The number of benzene rings is 1. The number of carbonyl (C=O) groups is 1. The maximum absolute atomic E-state index is 11.3. The number of hydrogen-bond acceptors (Lipinski definition) is 4. The summed E-state index contributed by atoms with van der Waals surface area (Å²) in [6.07, 6.45) is 1.71. The minimum atomic E-state index is -0.482. The van der Waals surface area contributed by atoms with Gasteiger partial charge in [0.25, 0.3) is 5.69 Å². The van der Waals surface area contributed by atoms with Crippen molar-refractivity contribution in [2.24, 2.45) is 0 Å². The highest BCUT2D eigenvalue weighted by molar-refractivity contribution is 6.33. The molecule has 0 unspecified atom stereocenters. The van der Waals surface area contributed by atoms with E-state index >= 15 is 0 Å². The molecule has 21 heavy (non-hydrogen) atoms. The molecule has 0 spiro atoms. The number of carbonyl (C=O) groups excluding carboxylic acids is 1. The molecule has 6 nitrogen and oxygen atoms in total. The van der Waals surface area contributed by atoms with Crippen LogP contribution in [0.15, 0.2) is 12.1 Å². The first-order chi connectivity index (χ1) is 9.88. The third kappa shape index (κ3) is 3.64. The van der Waals surface area contributed by atoms with Crippen LogP contribution in [0.2, 0.25) is 5.02 Å². The van der Waals surface area contributed by atoms with Gasteiger partial charge in [0.15, 0.2) is 0 Å². The fourth-order valence-electron chi connectivity index (χ4n) is 2.52. The van der Waals surface area contributed by atoms with Crippen molar-refractivity contribution >= 4 is 28.9 Å². The third-order valence-corrected chi connectivity index (χ3v) is 4.09. The normalized spacial score (nSPS) is 15.9. The second-order valence-electron chi connectivity index (χ2n) is 5.30. The lowest BCUT2D eigenvalue weighted by Crippen LogP contribution is -2.41. The highest BCUT2D eigenvalue weighted by atomic mass is 35.5. The van der Waals surface area contributed by atoms with Crippen molar-refractivity contribution in [3.8, 4) is 0 Å². The van der Waals surface area contributed by atoms with Gasteiger partial charge >= 0.3 is 0 Å². The molecule has 1 aromatic carbocycles. The Labute approximate surface area is 128 Å². The van der Waals surface area contributed by atoms with Gasteiger partial charge in [-0.3, -0.25) is 14.9 Å². The number of anilines is 1. The number of aryl methyl sites for hydroxylation is 1. The Balaban J connectivity index is 2.06. The molecule has 0 saturated carbocycles. The van der Waals surface area contributed by atoms with Gasteiger partial charge in [-0.2, -0.15) is 0 Å². The van der Waals surface area contributed by atoms with Crippen LogP contribution in [0.4, 0.5) is 11.4 Å². The molecule has 1 fully saturated rings. The van der Waals surface area contributed by atoms with Crippen LogP contribution in [0, 0.1) is 17.0 Å². The molecule has 2 rings (SSSR count). The third-order valence-electron chi connectivity index (χ3n) is 3.79. The van der Waals surface area contributed by atoms with Gasteiger partial charge < -0.3 is 10.2 Å². The highest BCUT2D eigenvalue weighted by Gasteiger charge is 2.22. The summed E-state index contributed by atoms with van der Waals surface area (Å²) in [5, 5.41) is 14.3. The molecular formula is C14H18ClN3O3. The van der Waals surface area contributed by atoms with Crippen LogP contribution < -0.4 is 5.32 Å². The maximum Gasteiger partial charge on any atom is 0.288 e. The van der Waals surface area contributed by atoms with Crippen molar-refractivity contribution in [3.05, 3.63) is 32.8 Å². The van der Waals surface area contributed by atoms with E-state index in [9.17, 15) is 14.9 Å². The Bertz CT molecular complexity index is 569. The fourth-order valence-corrected chi connectivity index (χ4v) is 2.75. The molecule has 1 N–H and O–H groups in total. The second-order valence-corrected chi connectivity index (χ2v) is 5.71. The summed E-state index contributed by atoms with van der Waals surface area (Å²) in [5.74, 6) is 0.100. The van der Waals surface area contributed by atoms with Crippen LogP contribution in [0.5, 0.6) is 0 Å². The zero-order chi connectivity index (χ0) is 15.6. The Morgan fingerprint density at radius 1 is 1.43 bits per heavy atom. The van der Waals surface area contributed by atoms with Gasteiger partial charge in [-0.15, -0.1) is 0 Å². The quantitative estimate of drug-likeness (QED) is 0.688. The predicted molar refractivity (Wildman–Crippen MR) is 81.7 cm³/mol. The number of piperidine rings is 1. The number of nitrogens with zero attached hydrogens (tertiary/aromatic N) is 2. The zero-order valence-electron chi connectivity index (χ0n) is 12.1. The molecule has 0 bridgehead atoms. The summed E-state index contributed by atoms with van der Waals surface area (Å²) in [6.45, 7) is 4.85. The standard InChI is InChI=1S/C14H18ClN3O3/c1-9-7-14(18(20)21)12(15)8-13(9)16-11-3-5-17(6-4-11)10(2)19/h7-8,11,16H,3-6H2,1-2H3. The van der Waals surface area contributed by atoms with Crippen molar-refractivity contribution < 1.29 is 9.72 Å². The van der Waals surface area contributed by atoms with E-state index < -0.39 is 4.92 Å². The van der Waals surface area contributed by atoms with E-state index in [-0.39, 0.29) is 22.7 Å². The molecule has 0 atom stereocenters. The molecule has 1 saturated heterocycles. The topological polar surface area (TPSA) is 75.5 Å². The molecule has 1 heterocycles. The van der Waals surface area contributed by atoms with Gasteiger partial charge in [0.05, 0.1) is 4.92 Å². The monoisotopic (exact) mass is 311 g/mol. The van der Waals surface area contributed by atoms with Gasteiger partial charge in [0, 0.05) is 37.8 Å². The van der Waals surface area contributed by atoms with Gasteiger partial charge in [0.1, 0.15) is 5.02 Å². The summed E-state index contributed by atoms with van der Waals surface area (Å²) in [7, 11) is 0. The van der Waals surface area contributed by atoms with Crippen molar-refractivity contribution in [2.75, 3.05) is 18.4 Å². The van der Waals surface area contributed by atoms with Gasteiger partial charge in [0.2, 0.25) is 5.91 Å². The minimum absolute atomic E-state index is 0.0777. The lowest BCUT2D eigenvalue weighted by atomic mass is 10.0. The first-order valence-electron chi connectivity index (χ1n) is 6.85. The predicted octanol–water partition coefficient (Wildman–Crippen LogP) is 2.98. The first kappa shape index (κ1) is 15.6. The molecule has 1 amide bonds. The van der Waals surface area contributed by atoms with E-state index in [1.165, 1.54) is 6.07 Å². The number of nitrogens with one attached hydrogen (secondary N) is 1. The summed E-state index contributed by atoms with van der Waals surface area (Å²) < 4.78 is 0. The van der Waals surface area contributed by atoms with E-state index in [2.05, 4.69) is 5.32 Å². The number of likely N-dealkylation sites (tertiary alicyclic amines) is 1. The van der Waals surface area contributed by atoms with E-state index in [4.69, 9.17) is 11.6 Å². The molecule has 0 radical (unpaired) electrons.